The first-order chi connectivity index (χ1) is 25.6. The number of carboxylic acid groups (broad SMARTS) is 1. The number of aliphatic hydroxyl groups excluding tert-OH is 1. The van der Waals surface area contributed by atoms with Crippen molar-refractivity contribution >= 4 is 34.3 Å². The Morgan fingerprint density at radius 2 is 1.64 bits per heavy atom. The predicted molar refractivity (Wildman–Crippen MR) is 208 cm³/mol. The molecule has 1 aliphatic rings. The number of rotatable bonds is 13. The number of amides is 2. The lowest BCUT2D eigenvalue weighted by Crippen LogP contribution is -2.44. The number of aromatic nitrogens is 1. The Morgan fingerprint density at radius 3 is 2.36 bits per heavy atom. The average molecular weight is 718 g/mol. The van der Waals surface area contributed by atoms with Gasteiger partial charge in [-0.05, 0) is 91.1 Å². The Morgan fingerprint density at radius 1 is 0.925 bits per heavy atom. The molecule has 1 atom stereocenters. The van der Waals surface area contributed by atoms with Gasteiger partial charge in [-0.25, -0.2) is 4.79 Å². The zero-order chi connectivity index (χ0) is 37.5. The van der Waals surface area contributed by atoms with Gasteiger partial charge in [-0.15, -0.1) is 0 Å². The topological polar surface area (TPSA) is 172 Å². The summed E-state index contributed by atoms with van der Waals surface area (Å²) in [6, 6.07) is 29.5. The van der Waals surface area contributed by atoms with E-state index >= 15 is 0 Å². The molecule has 1 aromatic heterocycles. The molecule has 1 fully saturated rings. The number of carbonyl (C=O) groups is 2. The van der Waals surface area contributed by atoms with Crippen molar-refractivity contribution in [2.24, 2.45) is 5.73 Å². The number of nitrogens with one attached hydrogen (secondary N) is 2. The van der Waals surface area contributed by atoms with E-state index in [4.69, 9.17) is 5.73 Å². The number of aliphatic hydroxyl groups is 1. The van der Waals surface area contributed by atoms with Gasteiger partial charge in [0.05, 0.1) is 17.3 Å². The highest BCUT2D eigenvalue weighted by Crippen LogP contribution is 2.36. The number of benzene rings is 4. The van der Waals surface area contributed by atoms with E-state index in [9.17, 15) is 29.7 Å². The van der Waals surface area contributed by atoms with Crippen LogP contribution in [0.2, 0.25) is 0 Å². The third-order valence-electron chi connectivity index (χ3n) is 10.2. The molecule has 0 aliphatic heterocycles. The average Bonchev–Trinajstić information content (AvgIpc) is 3.16. The third-order valence-corrected chi connectivity index (χ3v) is 10.2. The molecule has 1 saturated carbocycles. The number of fused-ring (bicyclic) bond motifs is 1. The van der Waals surface area contributed by atoms with Gasteiger partial charge < -0.3 is 36.3 Å². The summed E-state index contributed by atoms with van der Waals surface area (Å²) < 4.78 is 0. The number of aromatic hydroxyl groups is 1. The van der Waals surface area contributed by atoms with Crippen LogP contribution in [0.5, 0.6) is 5.75 Å². The normalized spacial score (nSPS) is 16.3. The molecule has 11 heteroatoms. The van der Waals surface area contributed by atoms with E-state index in [2.05, 4.69) is 10.3 Å². The van der Waals surface area contributed by atoms with E-state index in [1.54, 1.807) is 24.1 Å². The summed E-state index contributed by atoms with van der Waals surface area (Å²) in [6.45, 7) is 0.736. The maximum Gasteiger partial charge on any atom is 0.412 e. The minimum atomic E-state index is -0.974. The molecule has 4 aromatic carbocycles. The number of carbonyl (C=O) groups excluding carboxylic acids is 1. The first kappa shape index (κ1) is 37.3. The van der Waals surface area contributed by atoms with Crippen molar-refractivity contribution in [2.45, 2.75) is 69.7 Å². The molecule has 0 bridgehead atoms. The molecule has 53 heavy (non-hydrogen) atoms. The van der Waals surface area contributed by atoms with Gasteiger partial charge in [-0.2, -0.15) is 0 Å². The van der Waals surface area contributed by atoms with Crippen LogP contribution >= 0.6 is 0 Å². The standard InChI is InChI=1S/C42H47N5O6/c1-46(31-15-10-28(11-16-31)25-44-26-38(49)34-20-22-37(48)41-35(34)21-23-39(50)45-41)40(51)9-5-6-27-12-19-33(29-7-3-2-4-8-29)36(24-27)47(42(52)53)32-17-13-30(43)14-18-32/h2-4,7-8,10-12,15-16,19-24,30,32,38,44,48-49H,5-6,9,13-14,17-18,25-26,43H2,1H3,(H,45,50)(H,52,53). The van der Waals surface area contributed by atoms with E-state index < -0.39 is 12.2 Å². The van der Waals surface area contributed by atoms with Gasteiger partial charge >= 0.3 is 6.09 Å². The molecule has 1 aliphatic carbocycles. The Labute approximate surface area is 308 Å². The lowest BCUT2D eigenvalue weighted by molar-refractivity contribution is -0.118. The lowest BCUT2D eigenvalue weighted by Gasteiger charge is -2.35. The molecule has 6 rings (SSSR count). The number of aromatic amines is 1. The maximum absolute atomic E-state index is 13.2. The second-order valence-corrected chi connectivity index (χ2v) is 13.8. The minimum Gasteiger partial charge on any atom is -0.506 e. The van der Waals surface area contributed by atoms with Crippen LogP contribution < -0.4 is 26.4 Å². The highest BCUT2D eigenvalue weighted by molar-refractivity contribution is 5.94. The van der Waals surface area contributed by atoms with Crippen molar-refractivity contribution < 1.29 is 24.9 Å². The number of aryl methyl sites for hydroxylation is 1. The first-order valence-electron chi connectivity index (χ1n) is 18.1. The fourth-order valence-electron chi connectivity index (χ4n) is 7.22. The Bertz CT molecular complexity index is 2090. The number of phenolic OH excluding ortho intramolecular Hbond substituents is 1. The monoisotopic (exact) mass is 717 g/mol. The molecule has 0 saturated heterocycles. The van der Waals surface area contributed by atoms with Gasteiger partial charge in [0.25, 0.3) is 0 Å². The second kappa shape index (κ2) is 16.9. The van der Waals surface area contributed by atoms with Crippen molar-refractivity contribution in [1.82, 2.24) is 10.3 Å². The quantitative estimate of drug-likeness (QED) is 0.0805. The molecule has 11 nitrogen and oxygen atoms in total. The summed E-state index contributed by atoms with van der Waals surface area (Å²) in [5, 5.41) is 35.2. The summed E-state index contributed by atoms with van der Waals surface area (Å²) in [5.41, 5.74) is 11.9. The zero-order valence-electron chi connectivity index (χ0n) is 29.9. The smallest absolute Gasteiger partial charge is 0.412 e. The first-order valence-corrected chi connectivity index (χ1v) is 18.1. The van der Waals surface area contributed by atoms with E-state index in [0.29, 0.717) is 42.4 Å². The number of hydrogen-bond donors (Lipinski definition) is 6. The number of anilines is 2. The van der Waals surface area contributed by atoms with Crippen LogP contribution in [-0.4, -0.2) is 58.0 Å². The molecule has 276 valence electrons. The van der Waals surface area contributed by atoms with Gasteiger partial charge in [-0.3, -0.25) is 14.5 Å². The number of H-pyrrole nitrogens is 1. The predicted octanol–water partition coefficient (Wildman–Crippen LogP) is 6.46. The zero-order valence-corrected chi connectivity index (χ0v) is 29.9. The van der Waals surface area contributed by atoms with E-state index in [1.807, 2.05) is 72.8 Å². The molecule has 7 N–H and O–H groups in total. The summed E-state index contributed by atoms with van der Waals surface area (Å²) >= 11 is 0. The van der Waals surface area contributed by atoms with Gasteiger partial charge in [-0.1, -0.05) is 60.7 Å². The van der Waals surface area contributed by atoms with E-state index in [-0.39, 0.29) is 41.4 Å². The summed E-state index contributed by atoms with van der Waals surface area (Å²) in [5.74, 6) is -0.0773. The molecule has 1 unspecified atom stereocenters. The van der Waals surface area contributed by atoms with Crippen LogP contribution in [0.25, 0.3) is 22.0 Å². The van der Waals surface area contributed by atoms with Gasteiger partial charge in [0.1, 0.15) is 5.75 Å². The largest absolute Gasteiger partial charge is 0.506 e. The number of nitrogens with zero attached hydrogens (tertiary/aromatic N) is 2. The number of nitrogens with two attached hydrogens (primary N) is 1. The number of phenols is 1. The van der Waals surface area contributed by atoms with Crippen molar-refractivity contribution in [2.75, 3.05) is 23.4 Å². The van der Waals surface area contributed by atoms with Crippen molar-refractivity contribution in [3.05, 3.63) is 124 Å². The highest BCUT2D eigenvalue weighted by atomic mass is 16.4. The number of pyridine rings is 1. The highest BCUT2D eigenvalue weighted by Gasteiger charge is 2.31. The van der Waals surface area contributed by atoms with Crippen LogP contribution in [0, 0.1) is 0 Å². The summed E-state index contributed by atoms with van der Waals surface area (Å²) in [6.07, 6.45) is 2.74. The van der Waals surface area contributed by atoms with Crippen LogP contribution in [0.15, 0.2) is 102 Å². The summed E-state index contributed by atoms with van der Waals surface area (Å²) in [7, 11) is 1.76. The maximum atomic E-state index is 13.2. The molecule has 1 heterocycles. The van der Waals surface area contributed by atoms with Crippen LogP contribution in [0.4, 0.5) is 16.2 Å². The van der Waals surface area contributed by atoms with Gasteiger partial charge in [0, 0.05) is 61.3 Å². The molecule has 5 aromatic rings. The molecular weight excluding hydrogens is 670 g/mol. The second-order valence-electron chi connectivity index (χ2n) is 13.8. The summed E-state index contributed by atoms with van der Waals surface area (Å²) in [4.78, 5) is 43.4. The SMILES string of the molecule is CN(C(=O)CCCc1ccc(-c2ccccc2)c(N(C(=O)O)C2CCC(N)CC2)c1)c1ccc(CNCC(O)c2ccc(O)c3[nH]c(=O)ccc23)cc1. The Kier molecular flexibility index (Phi) is 11.9. The Hall–Kier alpha value is -5.49. The third kappa shape index (κ3) is 8.94. The lowest BCUT2D eigenvalue weighted by atomic mass is 9.89. The molecule has 2 amide bonds. The number of hydrogen-bond acceptors (Lipinski definition) is 7. The Balaban J connectivity index is 1.04. The van der Waals surface area contributed by atoms with Crippen molar-refractivity contribution in [1.29, 1.82) is 0 Å². The van der Waals surface area contributed by atoms with Crippen LogP contribution in [0.1, 0.15) is 61.3 Å². The van der Waals surface area contributed by atoms with E-state index in [0.717, 1.165) is 53.6 Å². The molecule has 0 spiro atoms. The van der Waals surface area contributed by atoms with Crippen LogP contribution in [0.3, 0.4) is 0 Å². The fourth-order valence-corrected chi connectivity index (χ4v) is 7.22. The molecular formula is C42H47N5O6. The minimum absolute atomic E-state index is 0.0201. The molecule has 0 radical (unpaired) electrons. The van der Waals surface area contributed by atoms with Crippen molar-refractivity contribution in [3.63, 3.8) is 0 Å². The van der Waals surface area contributed by atoms with Crippen molar-refractivity contribution in [3.8, 4) is 16.9 Å². The fraction of sp³-hybridized carbons (Fsp3) is 0.310. The van der Waals surface area contributed by atoms with Gasteiger partial charge in [0.15, 0.2) is 0 Å². The van der Waals surface area contributed by atoms with Crippen LogP contribution in [-0.2, 0) is 17.8 Å². The van der Waals surface area contributed by atoms with Gasteiger partial charge in [0.2, 0.25) is 11.5 Å². The van der Waals surface area contributed by atoms with E-state index in [1.165, 1.54) is 17.0 Å².